The minimum absolute atomic E-state index is 0.0664. The molecule has 1 aliphatic heterocycles. The van der Waals surface area contributed by atoms with Crippen molar-refractivity contribution in [2.45, 2.75) is 129 Å². The summed E-state index contributed by atoms with van der Waals surface area (Å²) in [6.45, 7) is 16.7. The number of fused-ring (bicyclic) bond motifs is 6. The van der Waals surface area contributed by atoms with Gasteiger partial charge in [0, 0.05) is 107 Å². The number of allylic oxidation sites excluding steroid dienone is 2. The van der Waals surface area contributed by atoms with E-state index < -0.39 is 29.5 Å². The zero-order valence-corrected chi connectivity index (χ0v) is 74.8. The van der Waals surface area contributed by atoms with E-state index in [0.29, 0.717) is 0 Å². The zero-order chi connectivity index (χ0) is 91.7. The fourth-order valence-electron chi connectivity index (χ4n) is 15.9. The number of piperidine rings is 1. The number of aromatic amines is 1. The molecule has 2 aliphatic rings. The molecule has 7 heterocycles. The van der Waals surface area contributed by atoms with Gasteiger partial charge in [0.2, 0.25) is 0 Å². The Hall–Kier alpha value is -13.9. The van der Waals surface area contributed by atoms with Crippen LogP contribution in [0.3, 0.4) is 0 Å². The van der Waals surface area contributed by atoms with Crippen LogP contribution in [0.5, 0.6) is 0 Å². The van der Waals surface area contributed by atoms with Crippen molar-refractivity contribution < 1.29 is 50.0 Å². The number of benzene rings is 8. The van der Waals surface area contributed by atoms with Crippen LogP contribution in [0.1, 0.15) is 133 Å². The van der Waals surface area contributed by atoms with E-state index in [4.69, 9.17) is 41.0 Å². The second kappa shape index (κ2) is 47.8. The molecule has 1 aliphatic carbocycles. The van der Waals surface area contributed by atoms with E-state index in [2.05, 4.69) is 163 Å². The molecule has 0 unspecified atom stereocenters. The van der Waals surface area contributed by atoms with Gasteiger partial charge in [-0.25, -0.2) is 52.3 Å². The second-order valence-electron chi connectivity index (χ2n) is 32.5. The van der Waals surface area contributed by atoms with Crippen LogP contribution in [-0.2, 0) is 88.0 Å². The summed E-state index contributed by atoms with van der Waals surface area (Å²) in [7, 11) is 4.19. The first kappa shape index (κ1) is 95.2. The quantitative estimate of drug-likeness (QED) is 0.00832. The summed E-state index contributed by atoms with van der Waals surface area (Å²) < 4.78 is 8.95. The molecule has 14 aromatic rings. The maximum Gasteiger partial charge on any atom is 0.267 e. The molecule has 0 bridgehead atoms. The van der Waals surface area contributed by atoms with E-state index in [1.807, 2.05) is 134 Å². The van der Waals surface area contributed by atoms with Gasteiger partial charge in [0.15, 0.2) is 5.16 Å². The third-order valence-corrected chi connectivity index (χ3v) is 23.0. The Morgan fingerprint density at radius 3 is 1.55 bits per heavy atom. The number of aryl methyl sites for hydroxylation is 5. The number of hydrogen-bond donors (Lipinski definition) is 11. The van der Waals surface area contributed by atoms with Crippen molar-refractivity contribution in [2.75, 3.05) is 40.3 Å². The number of imidazole rings is 5. The first-order valence-electron chi connectivity index (χ1n) is 43.4. The van der Waals surface area contributed by atoms with Crippen molar-refractivity contribution in [3.63, 3.8) is 0 Å². The molecule has 1 fully saturated rings. The van der Waals surface area contributed by atoms with E-state index in [9.17, 15) is 24.0 Å². The molecule has 8 aromatic carbocycles. The lowest BCUT2D eigenvalue weighted by Gasteiger charge is -2.29. The number of H-pyrrole nitrogens is 1. The number of aromatic nitrogens is 11. The molecule has 1 saturated heterocycles. The van der Waals surface area contributed by atoms with Gasteiger partial charge in [0.05, 0.1) is 61.5 Å². The highest BCUT2D eigenvalue weighted by Crippen LogP contribution is 2.34. The van der Waals surface area contributed by atoms with Crippen molar-refractivity contribution in [3.8, 4) is 0 Å². The van der Waals surface area contributed by atoms with Crippen LogP contribution in [0, 0.1) is 5.41 Å². The van der Waals surface area contributed by atoms with Gasteiger partial charge >= 0.3 is 0 Å². The summed E-state index contributed by atoms with van der Waals surface area (Å²) in [5.41, 5.74) is 30.0. The third-order valence-electron chi connectivity index (χ3n) is 22.0. The van der Waals surface area contributed by atoms with Crippen LogP contribution in [0.4, 0.5) is 0 Å². The summed E-state index contributed by atoms with van der Waals surface area (Å²) >= 11 is 1.74. The van der Waals surface area contributed by atoms with Gasteiger partial charge < -0.3 is 33.1 Å². The predicted octanol–water partition coefficient (Wildman–Crippen LogP) is 16.4. The normalized spacial score (nSPS) is 12.8. The van der Waals surface area contributed by atoms with Crippen molar-refractivity contribution in [1.29, 1.82) is 0 Å². The van der Waals surface area contributed by atoms with Crippen molar-refractivity contribution in [3.05, 3.63) is 316 Å². The van der Waals surface area contributed by atoms with Gasteiger partial charge in [0.25, 0.3) is 29.5 Å². The molecule has 672 valence electrons. The number of pyridine rings is 1. The number of amides is 5. The van der Waals surface area contributed by atoms with E-state index in [0.717, 1.165) is 196 Å². The first-order valence-corrected chi connectivity index (χ1v) is 44.4. The molecule has 5 amide bonds. The Morgan fingerprint density at radius 2 is 0.992 bits per heavy atom. The number of hydrogen-bond acceptors (Lipinski definition) is 19. The Balaban J connectivity index is 0.000000148. The third kappa shape index (κ3) is 27.6. The lowest BCUT2D eigenvalue weighted by atomic mass is 9.93. The monoisotopic (exact) mass is 1770 g/mol. The smallest absolute Gasteiger partial charge is 0.267 e. The highest BCUT2D eigenvalue weighted by molar-refractivity contribution is 7.98. The summed E-state index contributed by atoms with van der Waals surface area (Å²) in [5.74, 6) is 1.11. The first-order chi connectivity index (χ1) is 63.2. The average molecular weight is 1770 g/mol. The standard InChI is InChI=1S/C24H30N4O2S.C24H25N3O2.C19H19N3O2.C17H16N4O2.C17H22N4O2/c1-24(2,16-27(3)4)17-28-21-12-10-18(11-13-22(29)26-30)14-20(21)25-23(28)31-15-19-8-6-5-7-9-19;1-2-27-22-14-10-17(11-15-24(28)26-29)16-21(22)25-23(27)9-5-7-19-13-12-18-6-3-4-8-20(18)19;1-2-22-17-10-8-15(9-11-19(23)21-24)12-16(17)20-18(22)13-14-6-4-3-5-7-14;22-17(21-23)8-5-12-3-6-14-15(10-12)20-16(19-14)7-4-13-2-1-9-18-11-13;22-17(19-23)7-5-14-4-6-16-15(12-14)18-13-21(16)11-10-20-8-2-1-3-9-20/h5-14,30H,15-17H2,1-4H3,(H,26,29);3-4,6,8,10-11,13-16,29H,2,5,7,9,12H2,1H3,(H,26,28);3-12,24H,2,13H2,1H3,(H,21,23);1-3,5-6,8-11,23H,4,7H2,(H,19,20)(H,21,22);4-7,12-13,23H,1-3,8-11H2,(H,19,22)/b13-11+;15-11+;11-9+;8-5+;7-5+. The molecule has 0 spiro atoms. The average Bonchev–Trinajstić information content (AvgIpc) is 1.66. The van der Waals surface area contributed by atoms with E-state index in [-0.39, 0.29) is 5.41 Å². The van der Waals surface area contributed by atoms with Crippen LogP contribution < -0.4 is 27.4 Å². The van der Waals surface area contributed by atoms with Crippen molar-refractivity contribution in [1.82, 2.24) is 90.4 Å². The molecule has 29 heteroatoms. The molecule has 0 atom stereocenters. The highest BCUT2D eigenvalue weighted by atomic mass is 32.2. The number of likely N-dealkylation sites (tertiary alicyclic amines) is 1. The summed E-state index contributed by atoms with van der Waals surface area (Å²) in [4.78, 5) is 91.3. The minimum atomic E-state index is -0.563. The van der Waals surface area contributed by atoms with Gasteiger partial charge in [-0.15, -0.1) is 0 Å². The fourth-order valence-corrected chi connectivity index (χ4v) is 16.9. The Morgan fingerprint density at radius 1 is 0.492 bits per heavy atom. The second-order valence-corrected chi connectivity index (χ2v) is 33.5. The zero-order valence-electron chi connectivity index (χ0n) is 74.0. The number of thioether (sulfide) groups is 1. The van der Waals surface area contributed by atoms with Crippen molar-refractivity contribution >= 4 is 132 Å². The summed E-state index contributed by atoms with van der Waals surface area (Å²) in [6, 6.07) is 62.7. The highest BCUT2D eigenvalue weighted by Gasteiger charge is 2.25. The molecular weight excluding hydrogens is 1660 g/mol. The van der Waals surface area contributed by atoms with Crippen LogP contribution in [0.2, 0.25) is 0 Å². The van der Waals surface area contributed by atoms with Crippen LogP contribution in [0.15, 0.2) is 248 Å². The molecule has 28 nitrogen and oxygen atoms in total. The topological polar surface area (TPSA) is 366 Å². The van der Waals surface area contributed by atoms with Crippen LogP contribution in [0.25, 0.3) is 91.1 Å². The predicted molar refractivity (Wildman–Crippen MR) is 512 cm³/mol. The maximum atomic E-state index is 11.3. The number of nitrogens with zero attached hydrogens (tertiary/aromatic N) is 12. The lowest BCUT2D eigenvalue weighted by molar-refractivity contribution is -0.124. The number of carbonyl (C=O) groups excluding carboxylic acids is 5. The molecule has 16 rings (SSSR count). The largest absolute Gasteiger partial charge is 0.342 e. The van der Waals surface area contributed by atoms with E-state index in [1.165, 1.54) is 96.1 Å². The van der Waals surface area contributed by atoms with E-state index >= 15 is 0 Å². The summed E-state index contributed by atoms with van der Waals surface area (Å²) in [6.07, 6.45) is 33.1. The van der Waals surface area contributed by atoms with Gasteiger partial charge in [-0.2, -0.15) is 0 Å². The molecular formula is C101H112N18O10S. The number of nitrogens with one attached hydrogen (secondary N) is 6. The SMILES string of the molecule is CCn1c(CCCC2=CCc3ccccc32)nc2cc(/C=C/C(=O)NO)ccc21.CCn1c(Cc2ccccc2)nc2cc(/C=C/C(=O)NO)ccc21.CN(C)CC(C)(C)Cn1c(SCc2ccccc2)nc2cc(/C=C/C(=O)NO)ccc21.O=C(/C=C/c1ccc2c(c1)ncn2CCN1CCCCC1)NO.O=C(/C=C/c1ccc2nc(CCc3cccnc3)[nH]c2c1)NO. The maximum absolute atomic E-state index is 11.3. The van der Waals surface area contributed by atoms with Crippen LogP contribution >= 0.6 is 11.8 Å². The van der Waals surface area contributed by atoms with Gasteiger partial charge in [-0.1, -0.05) is 159 Å². The fraction of sp³-hybridized carbons (Fsp3) is 0.257. The number of carbonyl (C=O) groups is 5. The Kier molecular flexibility index (Phi) is 35.0. The molecule has 0 saturated carbocycles. The molecule has 6 aromatic heterocycles. The minimum Gasteiger partial charge on any atom is -0.342 e. The lowest BCUT2D eigenvalue weighted by Crippen LogP contribution is -2.32. The Bertz CT molecular complexity index is 6360. The van der Waals surface area contributed by atoms with E-state index in [1.54, 1.807) is 75.7 Å². The van der Waals surface area contributed by atoms with Gasteiger partial charge in [-0.3, -0.25) is 55.0 Å². The number of rotatable bonds is 31. The molecule has 0 radical (unpaired) electrons. The molecule has 130 heavy (non-hydrogen) atoms. The summed E-state index contributed by atoms with van der Waals surface area (Å²) in [5, 5.41) is 43.7. The van der Waals surface area contributed by atoms with Crippen LogP contribution in [-0.4, -0.2) is 159 Å². The molecule has 11 N–H and O–H groups in total. The number of hydroxylamine groups is 5. The van der Waals surface area contributed by atoms with Gasteiger partial charge in [-0.05, 0) is 243 Å². The van der Waals surface area contributed by atoms with Crippen molar-refractivity contribution in [2.24, 2.45) is 5.41 Å². The van der Waals surface area contributed by atoms with Gasteiger partial charge in [0.1, 0.15) is 17.5 Å². The Labute approximate surface area is 759 Å².